The zero-order valence-electron chi connectivity index (χ0n) is 83.9. The number of hydrogen-bond acceptors (Lipinski definition) is 18. The minimum Gasteiger partial charge on any atom is -0.493 e. The number of para-hydroxylation sites is 1. The first-order chi connectivity index (χ1) is 70.6. The molecule has 1 fully saturated rings. The number of aromatic hydroxyl groups is 1. The van der Waals surface area contributed by atoms with Crippen LogP contribution in [0.25, 0.3) is 33.4 Å². The average Bonchev–Trinajstić information content (AvgIpc) is 1.66. The summed E-state index contributed by atoms with van der Waals surface area (Å²) in [5.41, 5.74) is 23.3. The fourth-order valence-electron chi connectivity index (χ4n) is 20.9. The summed E-state index contributed by atoms with van der Waals surface area (Å²) in [6, 6.07) is 52.5. The van der Waals surface area contributed by atoms with Gasteiger partial charge in [0.05, 0.1) is 10.3 Å². The van der Waals surface area contributed by atoms with Gasteiger partial charge in [-0.25, -0.2) is 4.39 Å². The molecular formula is C124H112FN5O14S2. The summed E-state index contributed by atoms with van der Waals surface area (Å²) < 4.78 is 72.5. The number of carbonyl (C=O) groups is 4. The number of rotatable bonds is 15. The molecule has 9 aromatic rings. The maximum Gasteiger partial charge on any atom is 0.293 e. The molecule has 0 saturated carbocycles. The molecule has 1 N–H and O–H groups in total. The molecule has 13 aliphatic rings. The first-order valence-electron chi connectivity index (χ1n) is 49.6. The molecule has 1 saturated heterocycles. The summed E-state index contributed by atoms with van der Waals surface area (Å²) in [5.74, 6) is 11.3. The van der Waals surface area contributed by atoms with Crippen LogP contribution >= 0.6 is 24.0 Å². The van der Waals surface area contributed by atoms with Gasteiger partial charge in [-0.2, -0.15) is 0 Å². The molecule has 0 spiro atoms. The van der Waals surface area contributed by atoms with Crippen molar-refractivity contribution in [2.45, 2.75) is 145 Å². The molecule has 11 heterocycles. The van der Waals surface area contributed by atoms with Gasteiger partial charge in [-0.1, -0.05) is 124 Å². The number of fused-ring (bicyclic) bond motifs is 9. The SMILES string of the molecule is C#COc1ccc2c(c1)O/C(=C/C1=CC(=C3/C(=O)c4ccccc4C3c3ccc(F)cc3)/C=C(C)O1)C=C2C.C=CCN1C(=O)S/C(=C2/C=C(C)OC(/C=C3/Oc4cc(N(CC)CC)ccc4C4=C3CCCC4)=C2)C1=O.CC1=CC(c2c(O)n(C)c(=S)n2C)=CC(=CC2=CC(C)=c3cc4c(cc3O2)=NCCC4)O1.CCC(CC)c1ccc2c(c1)O/C(=C/C1=C\C(=C3\C(=O)c4ccccc4C3C)c3ccccc3O1)C=C2C. The standard InChI is InChI=1S/C35H32O3.C34H23FO4.C30H32N2O4S.C25H25N3O3S/c1-5-23(6-2)24-15-16-27-21(3)17-25(38-33(27)18-24)19-26-20-31(29-12-9-10-14-32(29)37-26)34-22(4)28-11-7-8-13-30(28)35(34)36;1-4-37-25-13-14-28-20(2)15-26(39-31(28)19-25)18-27-17-23(16-21(3)38-27)33-32(22-9-11-24(35)12-10-22)29-7-5-6-8-30(29)34(33)36;1-5-14-32-29(33)28(37-30(32)34)20-15-19(4)35-22(16-20)18-27-24-11-9-8-10-23(24)25-13-12-21(17-26(25)36-27)31(6-2)7-3;1-14-8-18(31-22-13-21-16(11-20(14)22)6-5-7-26-21)12-19-10-17(9-15(2)30-19)23-24(29)28(4)25(32)27(23)3/h7-20,22-23H,5-6H2,1-4H3;1,5-19,32H,2-3H3;5,12-13,15-18H,1,6-11,14H2,2-4H3;8-13,29H,5-7H2,1-4H3/b25-19+,34-31-;26-18+,33-23+;27-18+,28-20-;. The normalized spacial score (nSPS) is 20.6. The second-order valence-electron chi connectivity index (χ2n) is 37.6. The van der Waals surface area contributed by atoms with Crippen LogP contribution in [0, 0.1) is 23.1 Å². The Morgan fingerprint density at radius 2 is 1.16 bits per heavy atom. The number of carbonyl (C=O) groups excluding carboxylic acids is 4. The van der Waals surface area contributed by atoms with Gasteiger partial charge in [0, 0.05) is 161 Å². The number of nitrogens with zero attached hydrogens (tertiary/aromatic N) is 5. The second kappa shape index (κ2) is 42.1. The predicted molar refractivity (Wildman–Crippen MR) is 576 cm³/mol. The van der Waals surface area contributed by atoms with Crippen LogP contribution < -0.4 is 43.9 Å². The van der Waals surface area contributed by atoms with Gasteiger partial charge >= 0.3 is 0 Å². The Hall–Kier alpha value is -16.0. The quantitative estimate of drug-likeness (QED) is 0.0439. The molecule has 736 valence electrons. The molecule has 2 amide bonds. The van der Waals surface area contributed by atoms with Crippen molar-refractivity contribution in [2.75, 3.05) is 31.1 Å². The lowest BCUT2D eigenvalue weighted by atomic mass is 9.84. The van der Waals surface area contributed by atoms with Gasteiger partial charge in [0.2, 0.25) is 5.88 Å². The molecule has 8 aromatic carbocycles. The summed E-state index contributed by atoms with van der Waals surface area (Å²) in [6.07, 6.45) is 44.2. The fraction of sp³-hybridized carbons (Fsp3) is 0.226. The van der Waals surface area contributed by atoms with Crippen LogP contribution in [0.3, 0.4) is 0 Å². The molecule has 19 nitrogen and oxygen atoms in total. The van der Waals surface area contributed by atoms with Crippen molar-refractivity contribution in [3.05, 3.63) is 446 Å². The van der Waals surface area contributed by atoms with Crippen molar-refractivity contribution in [1.29, 1.82) is 0 Å². The van der Waals surface area contributed by atoms with Crippen LogP contribution in [-0.4, -0.2) is 68.0 Å². The molecule has 22 rings (SSSR count). The zero-order valence-corrected chi connectivity index (χ0v) is 85.6. The molecular weight excluding hydrogens is 1870 g/mol. The number of ether oxygens (including phenoxy) is 9. The Morgan fingerprint density at radius 1 is 0.568 bits per heavy atom. The summed E-state index contributed by atoms with van der Waals surface area (Å²) in [4.78, 5) is 61.1. The summed E-state index contributed by atoms with van der Waals surface area (Å²) in [6.45, 7) is 29.2. The van der Waals surface area contributed by atoms with E-state index >= 15 is 0 Å². The number of benzene rings is 8. The smallest absolute Gasteiger partial charge is 0.293 e. The van der Waals surface area contributed by atoms with E-state index < -0.39 is 0 Å². The van der Waals surface area contributed by atoms with E-state index in [1.165, 1.54) is 44.9 Å². The van der Waals surface area contributed by atoms with E-state index in [1.807, 2.05) is 180 Å². The number of anilines is 1. The number of Topliss-reactive ketones (excluding diaryl/α,β-unsaturated/α-hetero) is 2. The molecule has 10 aliphatic heterocycles. The highest BCUT2D eigenvalue weighted by atomic mass is 32.2. The number of aryl methyl sites for hydroxylation is 1. The van der Waals surface area contributed by atoms with Gasteiger partial charge < -0.3 is 57.2 Å². The Balaban J connectivity index is 0.000000123. The van der Waals surface area contributed by atoms with Crippen molar-refractivity contribution in [1.82, 2.24) is 14.0 Å². The summed E-state index contributed by atoms with van der Waals surface area (Å²) in [7, 11) is 3.59. The first kappa shape index (κ1) is 98.8. The van der Waals surface area contributed by atoms with E-state index in [9.17, 15) is 28.7 Å². The number of amides is 2. The van der Waals surface area contributed by atoms with Crippen LogP contribution in [0.2, 0.25) is 0 Å². The van der Waals surface area contributed by atoms with Gasteiger partial charge in [-0.3, -0.25) is 33.6 Å². The number of halogens is 1. The van der Waals surface area contributed by atoms with Gasteiger partial charge in [0.25, 0.3) is 11.1 Å². The molecule has 146 heavy (non-hydrogen) atoms. The number of terminal acetylenes is 1. The number of ketones is 2. The van der Waals surface area contributed by atoms with Crippen molar-refractivity contribution >= 4 is 85.8 Å². The largest absolute Gasteiger partial charge is 0.493 e. The van der Waals surface area contributed by atoms with E-state index in [0.717, 1.165) is 211 Å². The molecule has 1 aromatic heterocycles. The Morgan fingerprint density at radius 3 is 1.84 bits per heavy atom. The third kappa shape index (κ3) is 19.9. The summed E-state index contributed by atoms with van der Waals surface area (Å²) >= 11 is 6.34. The summed E-state index contributed by atoms with van der Waals surface area (Å²) in [5, 5.41) is 12.4. The maximum atomic E-state index is 13.8. The first-order valence-corrected chi connectivity index (χ1v) is 50.8. The Bertz CT molecular complexity index is 7950. The van der Waals surface area contributed by atoms with E-state index in [0.29, 0.717) is 101 Å². The lowest BCUT2D eigenvalue weighted by molar-refractivity contribution is -0.122. The Kier molecular flexibility index (Phi) is 28.5. The van der Waals surface area contributed by atoms with E-state index in [2.05, 4.69) is 126 Å². The van der Waals surface area contributed by atoms with E-state index in [1.54, 1.807) is 58.7 Å². The topological polar surface area (TPSA) is 200 Å². The molecule has 0 radical (unpaired) electrons. The lowest BCUT2D eigenvalue weighted by Gasteiger charge is -2.31. The monoisotopic (exact) mass is 1980 g/mol. The minimum atomic E-state index is -0.328. The van der Waals surface area contributed by atoms with E-state index in [-0.39, 0.29) is 52.8 Å². The highest BCUT2D eigenvalue weighted by molar-refractivity contribution is 8.18. The molecule has 22 heteroatoms. The highest BCUT2D eigenvalue weighted by Gasteiger charge is 2.41. The molecule has 2 atom stereocenters. The number of aromatic nitrogens is 2. The predicted octanol–water partition coefficient (Wildman–Crippen LogP) is 27.4. The van der Waals surface area contributed by atoms with Crippen LogP contribution in [0.1, 0.15) is 215 Å². The minimum absolute atomic E-state index is 0.00783. The number of thioether (sulfide) groups is 1. The van der Waals surface area contributed by atoms with Gasteiger partial charge in [0.15, 0.2) is 16.3 Å². The third-order valence-corrected chi connectivity index (χ3v) is 29.6. The van der Waals surface area contributed by atoms with Crippen molar-refractivity contribution in [3.63, 3.8) is 0 Å². The van der Waals surface area contributed by atoms with Crippen LogP contribution in [0.4, 0.5) is 14.9 Å². The van der Waals surface area contributed by atoms with Gasteiger partial charge in [0.1, 0.15) is 115 Å². The average molecular weight is 1980 g/mol. The maximum absolute atomic E-state index is 13.8. The third-order valence-electron chi connectivity index (χ3n) is 28.1. The number of imidazole rings is 1. The van der Waals surface area contributed by atoms with Crippen LogP contribution in [0.5, 0.6) is 40.4 Å². The fourth-order valence-corrected chi connectivity index (χ4v) is 22.0. The molecule has 0 bridgehead atoms. The zero-order chi connectivity index (χ0) is 102. The van der Waals surface area contributed by atoms with Gasteiger partial charge in [-0.05, 0) is 319 Å². The number of imide groups is 1. The van der Waals surface area contributed by atoms with Crippen molar-refractivity contribution in [2.24, 2.45) is 19.1 Å². The van der Waals surface area contributed by atoms with Gasteiger partial charge in [-0.15, -0.1) is 6.58 Å². The second-order valence-corrected chi connectivity index (χ2v) is 39.0. The molecule has 2 unspecified atom stereocenters. The lowest BCUT2D eigenvalue weighted by Crippen LogP contribution is -2.28. The van der Waals surface area contributed by atoms with Crippen LogP contribution in [-0.2, 0) is 39.5 Å². The number of allylic oxidation sites excluding steroid dienone is 27. The Labute approximate surface area is 859 Å². The van der Waals surface area contributed by atoms with Crippen molar-refractivity contribution in [3.8, 4) is 52.9 Å². The molecule has 3 aliphatic carbocycles. The van der Waals surface area contributed by atoms with Crippen LogP contribution in [0.15, 0.2) is 363 Å². The highest BCUT2D eigenvalue weighted by Crippen LogP contribution is 2.52. The van der Waals surface area contributed by atoms with Crippen molar-refractivity contribution < 1.29 is 71.3 Å². The van der Waals surface area contributed by atoms with E-state index in [4.69, 9.17) is 61.3 Å². The number of hydrogen-bond donors (Lipinski definition) is 1.